The summed E-state index contributed by atoms with van der Waals surface area (Å²) in [7, 11) is 0. The zero-order chi connectivity index (χ0) is 14.7. The van der Waals surface area contributed by atoms with Gasteiger partial charge in [-0.15, -0.1) is 35.3 Å². The molecule has 0 bridgehead atoms. The Morgan fingerprint density at radius 2 is 2.18 bits per heavy atom. The molecular weight excluding hydrogens is 407 g/mol. The second-order valence-electron chi connectivity index (χ2n) is 6.41. The first-order valence-corrected chi connectivity index (χ1v) is 8.97. The SMILES string of the molecule is CCNC(=NCc1ncc(C)s1)N1CCC2(CCCC2)C1.I. The molecular formula is C16H27IN4S. The summed E-state index contributed by atoms with van der Waals surface area (Å²) in [6.45, 7) is 8.22. The van der Waals surface area contributed by atoms with Crippen LogP contribution in [-0.4, -0.2) is 35.5 Å². The van der Waals surface area contributed by atoms with Gasteiger partial charge >= 0.3 is 0 Å². The minimum atomic E-state index is 0. The monoisotopic (exact) mass is 434 g/mol. The van der Waals surface area contributed by atoms with Gasteiger partial charge in [0.1, 0.15) is 5.01 Å². The number of likely N-dealkylation sites (tertiary alicyclic amines) is 1. The molecule has 22 heavy (non-hydrogen) atoms. The van der Waals surface area contributed by atoms with Gasteiger partial charge in [0.2, 0.25) is 0 Å². The van der Waals surface area contributed by atoms with Crippen molar-refractivity contribution in [3.63, 3.8) is 0 Å². The van der Waals surface area contributed by atoms with E-state index >= 15 is 0 Å². The molecule has 1 aromatic heterocycles. The summed E-state index contributed by atoms with van der Waals surface area (Å²) in [4.78, 5) is 13.0. The summed E-state index contributed by atoms with van der Waals surface area (Å²) < 4.78 is 0. The van der Waals surface area contributed by atoms with Crippen LogP contribution in [0.25, 0.3) is 0 Å². The summed E-state index contributed by atoms with van der Waals surface area (Å²) in [5.41, 5.74) is 0.591. The van der Waals surface area contributed by atoms with Crippen LogP contribution in [0.15, 0.2) is 11.2 Å². The highest BCUT2D eigenvalue weighted by Crippen LogP contribution is 2.45. The van der Waals surface area contributed by atoms with Crippen LogP contribution in [0.2, 0.25) is 0 Å². The molecule has 4 nitrogen and oxygen atoms in total. The molecule has 0 radical (unpaired) electrons. The molecule has 1 saturated carbocycles. The van der Waals surface area contributed by atoms with Gasteiger partial charge in [0.25, 0.3) is 0 Å². The molecule has 0 unspecified atom stereocenters. The van der Waals surface area contributed by atoms with Crippen molar-refractivity contribution in [2.45, 2.75) is 52.5 Å². The lowest BCUT2D eigenvalue weighted by atomic mass is 9.86. The predicted molar refractivity (Wildman–Crippen MR) is 104 cm³/mol. The Morgan fingerprint density at radius 3 is 2.82 bits per heavy atom. The average molecular weight is 434 g/mol. The first kappa shape index (κ1) is 18.0. The number of hydrogen-bond donors (Lipinski definition) is 1. The normalized spacial score (nSPS) is 20.5. The Bertz CT molecular complexity index is 508. The number of guanidine groups is 1. The summed E-state index contributed by atoms with van der Waals surface area (Å²) in [6.07, 6.45) is 8.93. The number of aliphatic imine (C=N–C) groups is 1. The number of thiazole rings is 1. The second kappa shape index (κ2) is 7.95. The second-order valence-corrected chi connectivity index (χ2v) is 7.73. The molecule has 1 aliphatic carbocycles. The van der Waals surface area contributed by atoms with E-state index in [4.69, 9.17) is 4.99 Å². The van der Waals surface area contributed by atoms with Crippen molar-refractivity contribution < 1.29 is 0 Å². The fraction of sp³-hybridized carbons (Fsp3) is 0.750. The van der Waals surface area contributed by atoms with Crippen molar-refractivity contribution in [2.75, 3.05) is 19.6 Å². The largest absolute Gasteiger partial charge is 0.357 e. The molecule has 0 aromatic carbocycles. The summed E-state index contributed by atoms with van der Waals surface area (Å²) in [5.74, 6) is 1.08. The van der Waals surface area contributed by atoms with Crippen LogP contribution in [0, 0.1) is 12.3 Å². The molecule has 0 atom stereocenters. The summed E-state index contributed by atoms with van der Waals surface area (Å²) >= 11 is 1.74. The van der Waals surface area contributed by atoms with Crippen molar-refractivity contribution >= 4 is 41.3 Å². The number of aryl methyl sites for hydroxylation is 1. The Hall–Kier alpha value is -0.370. The molecule has 6 heteroatoms. The van der Waals surface area contributed by atoms with E-state index in [2.05, 4.69) is 29.0 Å². The highest BCUT2D eigenvalue weighted by molar-refractivity contribution is 14.0. The maximum absolute atomic E-state index is 4.81. The molecule has 1 aliphatic heterocycles. The van der Waals surface area contributed by atoms with Crippen LogP contribution in [-0.2, 0) is 6.54 Å². The smallest absolute Gasteiger partial charge is 0.194 e. The highest BCUT2D eigenvalue weighted by Gasteiger charge is 2.41. The van der Waals surface area contributed by atoms with Crippen LogP contribution in [0.5, 0.6) is 0 Å². The van der Waals surface area contributed by atoms with Crippen molar-refractivity contribution in [2.24, 2.45) is 10.4 Å². The number of hydrogen-bond acceptors (Lipinski definition) is 3. The van der Waals surface area contributed by atoms with E-state index in [-0.39, 0.29) is 24.0 Å². The van der Waals surface area contributed by atoms with Gasteiger partial charge in [0, 0.05) is 30.7 Å². The average Bonchev–Trinajstić information content (AvgIpc) is 3.19. The van der Waals surface area contributed by atoms with Gasteiger partial charge in [0.15, 0.2) is 5.96 Å². The first-order chi connectivity index (χ1) is 10.2. The quantitative estimate of drug-likeness (QED) is 0.447. The van der Waals surface area contributed by atoms with E-state index in [1.807, 2.05) is 6.20 Å². The zero-order valence-corrected chi connectivity index (χ0v) is 16.7. The lowest BCUT2D eigenvalue weighted by molar-refractivity contribution is 0.309. The number of halogens is 1. The summed E-state index contributed by atoms with van der Waals surface area (Å²) in [6, 6.07) is 0. The standard InChI is InChI=1S/C16H26N4S.HI/c1-3-17-15(19-11-14-18-10-13(2)21-14)20-9-8-16(12-20)6-4-5-7-16;/h10H,3-9,11-12H2,1-2H3,(H,17,19);1H. The Labute approximate surface area is 154 Å². The van der Waals surface area contributed by atoms with Crippen molar-refractivity contribution in [1.29, 1.82) is 0 Å². The van der Waals surface area contributed by atoms with Crippen LogP contribution in [0.1, 0.15) is 48.9 Å². The maximum atomic E-state index is 4.81. The van der Waals surface area contributed by atoms with Gasteiger partial charge in [-0.05, 0) is 38.5 Å². The third-order valence-corrected chi connectivity index (χ3v) is 5.67. The lowest BCUT2D eigenvalue weighted by Gasteiger charge is -2.25. The van der Waals surface area contributed by atoms with Crippen molar-refractivity contribution in [1.82, 2.24) is 15.2 Å². The Balaban J connectivity index is 0.00000176. The molecule has 1 N–H and O–H groups in total. The third kappa shape index (κ3) is 4.13. The van der Waals surface area contributed by atoms with Gasteiger partial charge in [0.05, 0.1) is 6.54 Å². The van der Waals surface area contributed by atoms with Crippen LogP contribution in [0.3, 0.4) is 0 Å². The molecule has 2 heterocycles. The van der Waals surface area contributed by atoms with E-state index in [9.17, 15) is 0 Å². The fourth-order valence-corrected chi connectivity index (χ4v) is 4.40. The van der Waals surface area contributed by atoms with Gasteiger partial charge < -0.3 is 10.2 Å². The molecule has 1 spiro atoms. The molecule has 1 aromatic rings. The molecule has 124 valence electrons. The van der Waals surface area contributed by atoms with Gasteiger partial charge in [-0.1, -0.05) is 12.8 Å². The van der Waals surface area contributed by atoms with Crippen LogP contribution < -0.4 is 5.32 Å². The van der Waals surface area contributed by atoms with Crippen LogP contribution >= 0.6 is 35.3 Å². The minimum Gasteiger partial charge on any atom is -0.357 e. The van der Waals surface area contributed by atoms with Crippen molar-refractivity contribution in [3.05, 3.63) is 16.1 Å². The lowest BCUT2D eigenvalue weighted by Crippen LogP contribution is -2.41. The van der Waals surface area contributed by atoms with E-state index in [0.717, 1.165) is 24.1 Å². The molecule has 0 amide bonds. The van der Waals surface area contributed by atoms with E-state index in [1.165, 1.54) is 43.5 Å². The van der Waals surface area contributed by atoms with Gasteiger partial charge in [-0.25, -0.2) is 9.98 Å². The molecule has 2 aliphatic rings. The Morgan fingerprint density at radius 1 is 1.41 bits per heavy atom. The first-order valence-electron chi connectivity index (χ1n) is 8.15. The zero-order valence-electron chi connectivity index (χ0n) is 13.6. The minimum absolute atomic E-state index is 0. The van der Waals surface area contributed by atoms with Gasteiger partial charge in [-0.2, -0.15) is 0 Å². The molecule has 2 fully saturated rings. The Kier molecular flexibility index (Phi) is 6.49. The number of nitrogens with one attached hydrogen (secondary N) is 1. The third-order valence-electron chi connectivity index (χ3n) is 4.77. The van der Waals surface area contributed by atoms with E-state index in [1.54, 1.807) is 11.3 Å². The van der Waals surface area contributed by atoms with Gasteiger partial charge in [-0.3, -0.25) is 0 Å². The topological polar surface area (TPSA) is 40.5 Å². The number of rotatable bonds is 3. The number of nitrogens with zero attached hydrogens (tertiary/aromatic N) is 3. The predicted octanol–water partition coefficient (Wildman–Crippen LogP) is 3.80. The molecule has 3 rings (SSSR count). The maximum Gasteiger partial charge on any atom is 0.194 e. The van der Waals surface area contributed by atoms with E-state index < -0.39 is 0 Å². The number of aromatic nitrogens is 1. The van der Waals surface area contributed by atoms with E-state index in [0.29, 0.717) is 12.0 Å². The van der Waals surface area contributed by atoms with Crippen LogP contribution in [0.4, 0.5) is 0 Å². The fourth-order valence-electron chi connectivity index (χ4n) is 3.69. The highest BCUT2D eigenvalue weighted by atomic mass is 127. The van der Waals surface area contributed by atoms with Crippen molar-refractivity contribution in [3.8, 4) is 0 Å². The summed E-state index contributed by atoms with van der Waals surface area (Å²) in [5, 5.41) is 4.57. The molecule has 1 saturated heterocycles.